The van der Waals surface area contributed by atoms with Gasteiger partial charge in [0.05, 0.1) is 6.10 Å². The van der Waals surface area contributed by atoms with Crippen molar-refractivity contribution in [1.29, 1.82) is 0 Å². The van der Waals surface area contributed by atoms with E-state index in [0.717, 1.165) is 45.6 Å². The molecule has 1 aromatic rings. The zero-order chi connectivity index (χ0) is 14.4. The summed E-state index contributed by atoms with van der Waals surface area (Å²) in [6, 6.07) is 0. The highest BCUT2D eigenvalue weighted by Gasteiger charge is 2.21. The maximum Gasteiger partial charge on any atom is 0.185 e. The average molecular weight is 297 g/mol. The third-order valence-electron chi connectivity index (χ3n) is 3.51. The van der Waals surface area contributed by atoms with Gasteiger partial charge in [-0.3, -0.25) is 0 Å². The summed E-state index contributed by atoms with van der Waals surface area (Å²) >= 11 is 1.82. The van der Waals surface area contributed by atoms with Crippen LogP contribution in [-0.2, 0) is 11.3 Å². The van der Waals surface area contributed by atoms with Gasteiger partial charge in [-0.25, -0.2) is 4.98 Å². The standard InChI is InChI=1S/C15H27N3OS/c1-4-19-13-5-7-18(8-6-13)15-17-11-14(20-15)10-16-9-12(2)3/h11-13,16H,4-10H2,1-3H3. The minimum absolute atomic E-state index is 0.448. The first-order valence-corrected chi connectivity index (χ1v) is 8.52. The summed E-state index contributed by atoms with van der Waals surface area (Å²) in [6.07, 6.45) is 4.70. The summed E-state index contributed by atoms with van der Waals surface area (Å²) in [5.74, 6) is 0.694. The second kappa shape index (κ2) is 7.96. The van der Waals surface area contributed by atoms with Crippen LogP contribution in [0.1, 0.15) is 38.5 Å². The number of nitrogens with zero attached hydrogens (tertiary/aromatic N) is 2. The van der Waals surface area contributed by atoms with E-state index in [4.69, 9.17) is 4.74 Å². The van der Waals surface area contributed by atoms with Crippen molar-refractivity contribution < 1.29 is 4.74 Å². The van der Waals surface area contributed by atoms with Crippen molar-refractivity contribution in [3.63, 3.8) is 0 Å². The lowest BCUT2D eigenvalue weighted by Crippen LogP contribution is -2.36. The second-order valence-corrected chi connectivity index (χ2v) is 6.87. The largest absolute Gasteiger partial charge is 0.378 e. The number of aromatic nitrogens is 1. The van der Waals surface area contributed by atoms with Gasteiger partial charge in [0.1, 0.15) is 0 Å². The van der Waals surface area contributed by atoms with Crippen LogP contribution in [0, 0.1) is 5.92 Å². The maximum atomic E-state index is 5.69. The number of hydrogen-bond donors (Lipinski definition) is 1. The van der Waals surface area contributed by atoms with Gasteiger partial charge in [-0.2, -0.15) is 0 Å². The van der Waals surface area contributed by atoms with Gasteiger partial charge in [0, 0.05) is 37.3 Å². The highest BCUT2D eigenvalue weighted by Crippen LogP contribution is 2.26. The van der Waals surface area contributed by atoms with Crippen molar-refractivity contribution >= 4 is 16.5 Å². The van der Waals surface area contributed by atoms with Crippen LogP contribution in [0.15, 0.2) is 6.20 Å². The van der Waals surface area contributed by atoms with Crippen LogP contribution in [-0.4, -0.2) is 37.3 Å². The molecule has 1 fully saturated rings. The molecule has 0 bridgehead atoms. The lowest BCUT2D eigenvalue weighted by molar-refractivity contribution is 0.0459. The number of ether oxygens (including phenoxy) is 1. The molecule has 0 unspecified atom stereocenters. The van der Waals surface area contributed by atoms with Gasteiger partial charge in [-0.05, 0) is 32.2 Å². The van der Waals surface area contributed by atoms with Crippen molar-refractivity contribution in [2.45, 2.75) is 46.3 Å². The molecule has 2 rings (SSSR count). The van der Waals surface area contributed by atoms with Crippen molar-refractivity contribution in [3.8, 4) is 0 Å². The number of hydrogen-bond acceptors (Lipinski definition) is 5. The van der Waals surface area contributed by atoms with E-state index in [-0.39, 0.29) is 0 Å². The molecule has 2 heterocycles. The molecule has 1 N–H and O–H groups in total. The minimum Gasteiger partial charge on any atom is -0.378 e. The molecule has 114 valence electrons. The number of rotatable bonds is 7. The van der Waals surface area contributed by atoms with Crippen molar-refractivity contribution in [2.75, 3.05) is 31.1 Å². The van der Waals surface area contributed by atoms with E-state index >= 15 is 0 Å². The van der Waals surface area contributed by atoms with Crippen molar-refractivity contribution in [2.24, 2.45) is 5.92 Å². The Hall–Kier alpha value is -0.650. The fourth-order valence-corrected chi connectivity index (χ4v) is 3.39. The first-order chi connectivity index (χ1) is 9.69. The predicted octanol–water partition coefficient (Wildman–Crippen LogP) is 2.89. The lowest BCUT2D eigenvalue weighted by Gasteiger charge is -2.31. The third-order valence-corrected chi connectivity index (χ3v) is 4.57. The molecular formula is C15H27N3OS. The molecular weight excluding hydrogens is 270 g/mol. The van der Waals surface area contributed by atoms with Crippen LogP contribution >= 0.6 is 11.3 Å². The molecule has 4 nitrogen and oxygen atoms in total. The Labute approximate surface area is 126 Å². The van der Waals surface area contributed by atoms with E-state index in [1.807, 2.05) is 17.5 Å². The first kappa shape index (κ1) is 15.7. The van der Waals surface area contributed by atoms with Gasteiger partial charge in [-0.15, -0.1) is 11.3 Å². The molecule has 1 saturated heterocycles. The molecule has 0 aromatic carbocycles. The summed E-state index contributed by atoms with van der Waals surface area (Å²) in [5, 5.41) is 4.64. The Kier molecular flexibility index (Phi) is 6.26. The molecule has 1 aliphatic heterocycles. The zero-order valence-electron chi connectivity index (χ0n) is 12.9. The van der Waals surface area contributed by atoms with E-state index in [2.05, 4.69) is 36.0 Å². The van der Waals surface area contributed by atoms with Crippen molar-refractivity contribution in [1.82, 2.24) is 10.3 Å². The summed E-state index contributed by atoms with van der Waals surface area (Å²) < 4.78 is 5.69. The quantitative estimate of drug-likeness (QED) is 0.840. The Morgan fingerprint density at radius 2 is 2.20 bits per heavy atom. The van der Waals surface area contributed by atoms with Gasteiger partial charge < -0.3 is 15.0 Å². The van der Waals surface area contributed by atoms with Crippen LogP contribution in [0.5, 0.6) is 0 Å². The Balaban J connectivity index is 1.78. The third kappa shape index (κ3) is 4.72. The average Bonchev–Trinajstić information content (AvgIpc) is 2.88. The monoisotopic (exact) mass is 297 g/mol. The summed E-state index contributed by atoms with van der Waals surface area (Å²) in [7, 11) is 0. The van der Waals surface area contributed by atoms with Crippen LogP contribution < -0.4 is 10.2 Å². The van der Waals surface area contributed by atoms with E-state index in [9.17, 15) is 0 Å². The lowest BCUT2D eigenvalue weighted by atomic mass is 10.1. The van der Waals surface area contributed by atoms with Gasteiger partial charge in [0.2, 0.25) is 0 Å². The fraction of sp³-hybridized carbons (Fsp3) is 0.800. The first-order valence-electron chi connectivity index (χ1n) is 7.71. The SMILES string of the molecule is CCOC1CCN(c2ncc(CNCC(C)C)s2)CC1. The molecule has 20 heavy (non-hydrogen) atoms. The molecule has 1 aromatic heterocycles. The van der Waals surface area contributed by atoms with Crippen LogP contribution in [0.3, 0.4) is 0 Å². The van der Waals surface area contributed by atoms with E-state index in [0.29, 0.717) is 12.0 Å². The molecule has 0 saturated carbocycles. The normalized spacial score (nSPS) is 17.1. The van der Waals surface area contributed by atoms with Gasteiger partial charge in [0.15, 0.2) is 5.13 Å². The summed E-state index contributed by atoms with van der Waals surface area (Å²) in [5.41, 5.74) is 0. The predicted molar refractivity (Wildman–Crippen MR) is 85.5 cm³/mol. The van der Waals surface area contributed by atoms with Gasteiger partial charge >= 0.3 is 0 Å². The number of thiazole rings is 1. The Morgan fingerprint density at radius 3 is 2.85 bits per heavy atom. The molecule has 1 aliphatic rings. The summed E-state index contributed by atoms with van der Waals surface area (Å²) in [4.78, 5) is 8.29. The number of anilines is 1. The second-order valence-electron chi connectivity index (χ2n) is 5.78. The molecule has 0 aliphatic carbocycles. The Morgan fingerprint density at radius 1 is 1.45 bits per heavy atom. The molecule has 0 spiro atoms. The van der Waals surface area contributed by atoms with Crippen LogP contribution in [0.4, 0.5) is 5.13 Å². The summed E-state index contributed by atoms with van der Waals surface area (Å²) in [6.45, 7) is 11.5. The fourth-order valence-electron chi connectivity index (χ4n) is 2.46. The highest BCUT2D eigenvalue weighted by atomic mass is 32.1. The molecule has 0 atom stereocenters. The zero-order valence-corrected chi connectivity index (χ0v) is 13.7. The topological polar surface area (TPSA) is 37.4 Å². The smallest absolute Gasteiger partial charge is 0.185 e. The Bertz CT molecular complexity index is 386. The van der Waals surface area contributed by atoms with Crippen LogP contribution in [0.2, 0.25) is 0 Å². The highest BCUT2D eigenvalue weighted by molar-refractivity contribution is 7.15. The van der Waals surface area contributed by atoms with Gasteiger partial charge in [-0.1, -0.05) is 13.8 Å². The van der Waals surface area contributed by atoms with E-state index in [1.165, 1.54) is 10.0 Å². The maximum absolute atomic E-state index is 5.69. The van der Waals surface area contributed by atoms with Crippen LogP contribution in [0.25, 0.3) is 0 Å². The van der Waals surface area contributed by atoms with Gasteiger partial charge in [0.25, 0.3) is 0 Å². The van der Waals surface area contributed by atoms with Crippen molar-refractivity contribution in [3.05, 3.63) is 11.1 Å². The van der Waals surface area contributed by atoms with E-state index < -0.39 is 0 Å². The molecule has 0 amide bonds. The van der Waals surface area contributed by atoms with E-state index in [1.54, 1.807) is 0 Å². The number of nitrogens with one attached hydrogen (secondary N) is 1. The number of piperidine rings is 1. The molecule has 0 radical (unpaired) electrons. The molecule has 5 heteroatoms. The minimum atomic E-state index is 0.448.